The number of hydrogen-bond donors (Lipinski definition) is 2. The molecule has 4 heteroatoms. The number of nitrogens with zero attached hydrogens (tertiary/aromatic N) is 2. The first-order valence-electron chi connectivity index (χ1n) is 6.33. The van der Waals surface area contributed by atoms with Gasteiger partial charge in [0.25, 0.3) is 0 Å². The van der Waals surface area contributed by atoms with E-state index in [1.54, 1.807) is 6.20 Å². The van der Waals surface area contributed by atoms with Crippen molar-refractivity contribution < 1.29 is 0 Å². The third-order valence-corrected chi connectivity index (χ3v) is 3.05. The van der Waals surface area contributed by atoms with E-state index >= 15 is 0 Å². The van der Waals surface area contributed by atoms with E-state index in [1.165, 1.54) is 11.1 Å². The molecule has 0 spiro atoms. The molecule has 2 N–H and O–H groups in total. The van der Waals surface area contributed by atoms with Crippen LogP contribution in [-0.2, 0) is 13.1 Å². The van der Waals surface area contributed by atoms with Gasteiger partial charge in [0.2, 0.25) is 0 Å². The summed E-state index contributed by atoms with van der Waals surface area (Å²) < 4.78 is 1.93. The van der Waals surface area contributed by atoms with E-state index in [9.17, 15) is 0 Å². The van der Waals surface area contributed by atoms with E-state index in [4.69, 9.17) is 0 Å². The number of hydrogen-bond acceptors (Lipinski definition) is 2. The van der Waals surface area contributed by atoms with Crippen molar-refractivity contribution in [2.75, 3.05) is 5.32 Å². The molecule has 1 aromatic carbocycles. The maximum atomic E-state index is 4.25. The topological polar surface area (TPSA) is 45.6 Å². The number of H-pyrrole nitrogens is 1. The fraction of sp³-hybridized carbons (Fsp3) is 0.133. The van der Waals surface area contributed by atoms with Crippen molar-refractivity contribution in [3.05, 3.63) is 72.3 Å². The fourth-order valence-corrected chi connectivity index (χ4v) is 2.06. The number of benzene rings is 1. The van der Waals surface area contributed by atoms with Crippen molar-refractivity contribution in [2.45, 2.75) is 13.1 Å². The average molecular weight is 252 g/mol. The minimum atomic E-state index is 0.781. The van der Waals surface area contributed by atoms with Crippen LogP contribution in [0.5, 0.6) is 0 Å². The van der Waals surface area contributed by atoms with E-state index in [1.807, 2.05) is 35.4 Å². The van der Waals surface area contributed by atoms with Crippen molar-refractivity contribution >= 4 is 5.69 Å². The van der Waals surface area contributed by atoms with Gasteiger partial charge in [-0.05, 0) is 29.3 Å². The minimum Gasteiger partial charge on any atom is -0.381 e. The summed E-state index contributed by atoms with van der Waals surface area (Å²) in [6, 6.07) is 12.3. The molecular formula is C15H16N4. The SMILES string of the molecule is c1ccc(NCc2cc[nH]c2)c(Cn2cccn2)c1. The smallest absolute Gasteiger partial charge is 0.0679 e. The summed E-state index contributed by atoms with van der Waals surface area (Å²) in [5, 5.41) is 7.71. The summed E-state index contributed by atoms with van der Waals surface area (Å²) in [6.07, 6.45) is 7.72. The summed E-state index contributed by atoms with van der Waals surface area (Å²) in [6.45, 7) is 1.60. The number of anilines is 1. The van der Waals surface area contributed by atoms with Crippen LogP contribution in [0.15, 0.2) is 61.2 Å². The summed E-state index contributed by atoms with van der Waals surface area (Å²) in [7, 11) is 0. The molecule has 0 radical (unpaired) electrons. The van der Waals surface area contributed by atoms with Crippen LogP contribution in [0, 0.1) is 0 Å². The van der Waals surface area contributed by atoms with E-state index in [0.29, 0.717) is 0 Å². The Kier molecular flexibility index (Phi) is 3.32. The zero-order chi connectivity index (χ0) is 12.9. The van der Waals surface area contributed by atoms with Crippen LogP contribution in [0.3, 0.4) is 0 Å². The van der Waals surface area contributed by atoms with Crippen molar-refractivity contribution in [1.29, 1.82) is 0 Å². The molecule has 4 nitrogen and oxygen atoms in total. The Hall–Kier alpha value is -2.49. The molecular weight excluding hydrogens is 236 g/mol. The lowest BCUT2D eigenvalue weighted by Gasteiger charge is -2.11. The van der Waals surface area contributed by atoms with E-state index < -0.39 is 0 Å². The number of rotatable bonds is 5. The zero-order valence-electron chi connectivity index (χ0n) is 10.6. The molecule has 0 saturated heterocycles. The summed E-state index contributed by atoms with van der Waals surface area (Å²) in [5.41, 5.74) is 3.63. The van der Waals surface area contributed by atoms with Gasteiger partial charge >= 0.3 is 0 Å². The molecule has 0 aliphatic heterocycles. The molecule has 0 bridgehead atoms. The van der Waals surface area contributed by atoms with E-state index in [0.717, 1.165) is 18.8 Å². The molecule has 2 aromatic heterocycles. The summed E-state index contributed by atoms with van der Waals surface area (Å²) in [4.78, 5) is 3.06. The van der Waals surface area contributed by atoms with E-state index in [2.05, 4.69) is 39.7 Å². The molecule has 0 aliphatic carbocycles. The third-order valence-electron chi connectivity index (χ3n) is 3.05. The largest absolute Gasteiger partial charge is 0.381 e. The Labute approximate surface area is 112 Å². The van der Waals surface area contributed by atoms with Crippen LogP contribution >= 0.6 is 0 Å². The molecule has 3 rings (SSSR count). The van der Waals surface area contributed by atoms with Crippen LogP contribution in [0.1, 0.15) is 11.1 Å². The minimum absolute atomic E-state index is 0.781. The van der Waals surface area contributed by atoms with Crippen LogP contribution in [0.4, 0.5) is 5.69 Å². The Bertz CT molecular complexity index is 611. The van der Waals surface area contributed by atoms with Gasteiger partial charge < -0.3 is 10.3 Å². The quantitative estimate of drug-likeness (QED) is 0.733. The highest BCUT2D eigenvalue weighted by Crippen LogP contribution is 2.17. The van der Waals surface area contributed by atoms with Gasteiger partial charge in [-0.2, -0.15) is 5.10 Å². The van der Waals surface area contributed by atoms with Gasteiger partial charge in [0.05, 0.1) is 6.54 Å². The molecule has 0 unspecified atom stereocenters. The van der Waals surface area contributed by atoms with Crippen LogP contribution < -0.4 is 5.32 Å². The van der Waals surface area contributed by atoms with Gasteiger partial charge in [0.1, 0.15) is 0 Å². The van der Waals surface area contributed by atoms with Crippen molar-refractivity contribution in [3.63, 3.8) is 0 Å². The number of aromatic amines is 1. The average Bonchev–Trinajstić information content (AvgIpc) is 3.10. The molecule has 0 fully saturated rings. The molecule has 96 valence electrons. The van der Waals surface area contributed by atoms with Crippen LogP contribution in [0.2, 0.25) is 0 Å². The third kappa shape index (κ3) is 2.85. The van der Waals surface area contributed by atoms with Gasteiger partial charge in [0, 0.05) is 37.0 Å². The van der Waals surface area contributed by atoms with Gasteiger partial charge in [0.15, 0.2) is 0 Å². The standard InChI is InChI=1S/C15H16N4/c1-2-5-15(17-11-13-6-8-16-10-13)14(4-1)12-19-9-3-7-18-19/h1-10,16-17H,11-12H2. The molecule has 3 aromatic rings. The van der Waals surface area contributed by atoms with Crippen molar-refractivity contribution in [1.82, 2.24) is 14.8 Å². The molecule has 19 heavy (non-hydrogen) atoms. The molecule has 0 aliphatic rings. The van der Waals surface area contributed by atoms with E-state index in [-0.39, 0.29) is 0 Å². The lowest BCUT2D eigenvalue weighted by Crippen LogP contribution is -2.05. The second-order valence-corrected chi connectivity index (χ2v) is 4.43. The van der Waals surface area contributed by atoms with Gasteiger partial charge in [-0.1, -0.05) is 18.2 Å². The van der Waals surface area contributed by atoms with Gasteiger partial charge in [-0.3, -0.25) is 4.68 Å². The first kappa shape index (κ1) is 11.6. The maximum Gasteiger partial charge on any atom is 0.0679 e. The first-order chi connectivity index (χ1) is 9.42. The lowest BCUT2D eigenvalue weighted by molar-refractivity contribution is 0.687. The maximum absolute atomic E-state index is 4.25. The first-order valence-corrected chi connectivity index (χ1v) is 6.33. The van der Waals surface area contributed by atoms with Crippen molar-refractivity contribution in [3.8, 4) is 0 Å². The number of aromatic nitrogens is 3. The number of para-hydroxylation sites is 1. The van der Waals surface area contributed by atoms with Gasteiger partial charge in [-0.15, -0.1) is 0 Å². The highest BCUT2D eigenvalue weighted by Gasteiger charge is 2.02. The molecule has 2 heterocycles. The monoisotopic (exact) mass is 252 g/mol. The second kappa shape index (κ2) is 5.44. The Morgan fingerprint density at radius 1 is 1.16 bits per heavy atom. The Balaban J connectivity index is 1.73. The Morgan fingerprint density at radius 2 is 2.11 bits per heavy atom. The molecule has 0 atom stereocenters. The lowest BCUT2D eigenvalue weighted by atomic mass is 10.1. The predicted molar refractivity (Wildman–Crippen MR) is 75.9 cm³/mol. The van der Waals surface area contributed by atoms with Crippen LogP contribution in [-0.4, -0.2) is 14.8 Å². The summed E-state index contributed by atoms with van der Waals surface area (Å²) in [5.74, 6) is 0. The Morgan fingerprint density at radius 3 is 2.89 bits per heavy atom. The highest BCUT2D eigenvalue weighted by atomic mass is 15.3. The fourth-order valence-electron chi connectivity index (χ4n) is 2.06. The zero-order valence-corrected chi connectivity index (χ0v) is 10.6. The summed E-state index contributed by atoms with van der Waals surface area (Å²) >= 11 is 0. The number of nitrogens with one attached hydrogen (secondary N) is 2. The van der Waals surface area contributed by atoms with Crippen LogP contribution in [0.25, 0.3) is 0 Å². The van der Waals surface area contributed by atoms with Crippen molar-refractivity contribution in [2.24, 2.45) is 0 Å². The highest BCUT2D eigenvalue weighted by molar-refractivity contribution is 5.51. The molecule has 0 saturated carbocycles. The predicted octanol–water partition coefficient (Wildman–Crippen LogP) is 2.87. The molecule has 0 amide bonds. The second-order valence-electron chi connectivity index (χ2n) is 4.43. The normalized spacial score (nSPS) is 10.5. The van der Waals surface area contributed by atoms with Gasteiger partial charge in [-0.25, -0.2) is 0 Å².